The van der Waals surface area contributed by atoms with E-state index in [-0.39, 0.29) is 18.6 Å². The average Bonchev–Trinajstić information content (AvgIpc) is 2.67. The Morgan fingerprint density at radius 1 is 1.14 bits per heavy atom. The Morgan fingerprint density at radius 3 is 2.38 bits per heavy atom. The number of carbonyl (C=O) groups is 4. The van der Waals surface area contributed by atoms with E-state index in [4.69, 9.17) is 28.2 Å². The largest absolute Gasteiger partial charge is 0.480 e. The molecule has 0 heterocycles. The molecule has 0 saturated heterocycles. The zero-order valence-corrected chi connectivity index (χ0v) is 16.9. The number of nitrogens with one attached hydrogen (secondary N) is 3. The first kappa shape index (κ1) is 24.3. The number of anilines is 1. The molecule has 7 N–H and O–H groups in total. The number of carbonyl (C=O) groups excluding carboxylic acids is 2. The lowest BCUT2D eigenvalue weighted by molar-refractivity contribution is -0.139. The van der Waals surface area contributed by atoms with E-state index in [0.717, 1.165) is 17.4 Å². The minimum atomic E-state index is -1.23. The van der Waals surface area contributed by atoms with E-state index in [0.29, 0.717) is 4.32 Å². The van der Waals surface area contributed by atoms with Crippen molar-refractivity contribution < 1.29 is 29.4 Å². The van der Waals surface area contributed by atoms with Gasteiger partial charge < -0.3 is 31.9 Å². The van der Waals surface area contributed by atoms with Crippen LogP contribution in [0, 0.1) is 0 Å². The normalized spacial score (nSPS) is 12.3. The van der Waals surface area contributed by atoms with Gasteiger partial charge in [-0.25, -0.2) is 0 Å². The van der Waals surface area contributed by atoms with Gasteiger partial charge in [0.15, 0.2) is 0 Å². The van der Waals surface area contributed by atoms with Crippen molar-refractivity contribution in [2.24, 2.45) is 5.73 Å². The molecule has 29 heavy (non-hydrogen) atoms. The van der Waals surface area contributed by atoms with Crippen LogP contribution in [0.4, 0.5) is 5.69 Å². The molecule has 0 aliphatic heterocycles. The van der Waals surface area contributed by atoms with E-state index >= 15 is 0 Å². The standard InChI is InChI=1S/C17H22N4O6S2/c18-11(16(26)27)6-7-13(22)21-12(15(25)19-8-14(23)24)9-29-17(28)20-10-4-2-1-3-5-10/h1-5,11-12H,6-9,18H2,(H,19,25)(H,20,28)(H,21,22)(H,23,24)(H,26,27)/t11-,12-/m0/s1. The number of thioether (sulfide) groups is 1. The quantitative estimate of drug-likeness (QED) is 0.256. The third-order valence-corrected chi connectivity index (χ3v) is 4.79. The third kappa shape index (κ3) is 10.4. The van der Waals surface area contributed by atoms with E-state index in [1.54, 1.807) is 12.1 Å². The molecule has 1 aromatic carbocycles. The van der Waals surface area contributed by atoms with Crippen LogP contribution in [0.1, 0.15) is 12.8 Å². The Morgan fingerprint density at radius 2 is 1.79 bits per heavy atom. The molecule has 0 bridgehead atoms. The Balaban J connectivity index is 2.63. The van der Waals surface area contributed by atoms with Gasteiger partial charge in [0.05, 0.1) is 0 Å². The summed E-state index contributed by atoms with van der Waals surface area (Å²) in [4.78, 5) is 45.6. The maximum atomic E-state index is 12.2. The van der Waals surface area contributed by atoms with E-state index in [9.17, 15) is 19.2 Å². The molecule has 1 rings (SSSR count). The molecule has 1 aromatic rings. The van der Waals surface area contributed by atoms with E-state index < -0.39 is 42.4 Å². The van der Waals surface area contributed by atoms with Crippen LogP contribution in [-0.2, 0) is 19.2 Å². The molecule has 158 valence electrons. The second kappa shape index (κ2) is 12.7. The summed E-state index contributed by atoms with van der Waals surface area (Å²) in [6.45, 7) is -0.605. The number of thiocarbonyl (C=S) groups is 1. The SMILES string of the molecule is N[C@@H](CCC(=O)N[C@@H](CSC(=S)Nc1ccccc1)C(=O)NCC(=O)O)C(=O)O. The molecule has 0 saturated carbocycles. The number of amides is 2. The second-order valence-electron chi connectivity index (χ2n) is 5.80. The van der Waals surface area contributed by atoms with Crippen LogP contribution in [-0.4, -0.2) is 62.7 Å². The number of benzene rings is 1. The minimum Gasteiger partial charge on any atom is -0.480 e. The van der Waals surface area contributed by atoms with Crippen LogP contribution in [0.3, 0.4) is 0 Å². The third-order valence-electron chi connectivity index (χ3n) is 3.47. The van der Waals surface area contributed by atoms with Gasteiger partial charge in [0.1, 0.15) is 22.9 Å². The number of carboxylic acids is 2. The monoisotopic (exact) mass is 442 g/mol. The van der Waals surface area contributed by atoms with Gasteiger partial charge >= 0.3 is 11.9 Å². The van der Waals surface area contributed by atoms with Gasteiger partial charge in [-0.1, -0.05) is 42.2 Å². The van der Waals surface area contributed by atoms with Crippen molar-refractivity contribution in [2.75, 3.05) is 17.6 Å². The van der Waals surface area contributed by atoms with Crippen molar-refractivity contribution in [1.29, 1.82) is 0 Å². The zero-order valence-electron chi connectivity index (χ0n) is 15.3. The Labute approximate surface area is 176 Å². The molecule has 0 aliphatic rings. The van der Waals surface area contributed by atoms with Gasteiger partial charge in [0.25, 0.3) is 0 Å². The Kier molecular flexibility index (Phi) is 10.7. The van der Waals surface area contributed by atoms with Crippen molar-refractivity contribution in [1.82, 2.24) is 10.6 Å². The molecule has 0 spiro atoms. The summed E-state index contributed by atoms with van der Waals surface area (Å²) < 4.78 is 0.356. The van der Waals surface area contributed by atoms with E-state index in [1.807, 2.05) is 18.2 Å². The number of para-hydroxylation sites is 1. The van der Waals surface area contributed by atoms with Gasteiger partial charge in [0.2, 0.25) is 11.8 Å². The minimum absolute atomic E-state index is 0.0425. The first-order valence-electron chi connectivity index (χ1n) is 8.45. The second-order valence-corrected chi connectivity index (χ2v) is 7.50. The molecule has 0 aliphatic carbocycles. The number of carboxylic acid groups (broad SMARTS) is 2. The number of hydrogen-bond donors (Lipinski definition) is 6. The average molecular weight is 443 g/mol. The van der Waals surface area contributed by atoms with Crippen LogP contribution >= 0.6 is 24.0 Å². The van der Waals surface area contributed by atoms with Crippen LogP contribution in [0.15, 0.2) is 30.3 Å². The summed E-state index contributed by atoms with van der Waals surface area (Å²) in [5.74, 6) is -3.70. The maximum absolute atomic E-state index is 12.2. The molecule has 10 nitrogen and oxygen atoms in total. The van der Waals surface area contributed by atoms with Crippen LogP contribution in [0.5, 0.6) is 0 Å². The van der Waals surface area contributed by atoms with E-state index in [1.165, 1.54) is 0 Å². The lowest BCUT2D eigenvalue weighted by Gasteiger charge is -2.18. The van der Waals surface area contributed by atoms with Crippen LogP contribution < -0.4 is 21.7 Å². The molecule has 0 aromatic heterocycles. The summed E-state index contributed by atoms with van der Waals surface area (Å²) in [6.07, 6.45) is -0.306. The Hall–Kier alpha value is -2.70. The number of rotatable bonds is 11. The molecular formula is C17H22N4O6S2. The fraction of sp³-hybridized carbons (Fsp3) is 0.353. The molecule has 0 fully saturated rings. The van der Waals surface area contributed by atoms with Crippen molar-refractivity contribution in [3.63, 3.8) is 0 Å². The van der Waals surface area contributed by atoms with Gasteiger partial charge in [0, 0.05) is 17.9 Å². The predicted octanol–water partition coefficient (Wildman–Crippen LogP) is -0.00570. The maximum Gasteiger partial charge on any atom is 0.322 e. The van der Waals surface area contributed by atoms with Crippen molar-refractivity contribution in [3.8, 4) is 0 Å². The summed E-state index contributed by atoms with van der Waals surface area (Å²) in [7, 11) is 0. The lowest BCUT2D eigenvalue weighted by Crippen LogP contribution is -2.49. The first-order chi connectivity index (χ1) is 13.7. The molecule has 2 amide bonds. The fourth-order valence-corrected chi connectivity index (χ4v) is 3.04. The van der Waals surface area contributed by atoms with Crippen molar-refractivity contribution in [2.45, 2.75) is 24.9 Å². The molecule has 0 radical (unpaired) electrons. The van der Waals surface area contributed by atoms with Crippen LogP contribution in [0.2, 0.25) is 0 Å². The topological polar surface area (TPSA) is 171 Å². The molecule has 12 heteroatoms. The molecular weight excluding hydrogens is 420 g/mol. The number of aliphatic carboxylic acids is 2. The van der Waals surface area contributed by atoms with Gasteiger partial charge in [-0.15, -0.1) is 0 Å². The highest BCUT2D eigenvalue weighted by atomic mass is 32.2. The highest BCUT2D eigenvalue weighted by Gasteiger charge is 2.23. The van der Waals surface area contributed by atoms with Crippen molar-refractivity contribution >= 4 is 57.7 Å². The fourth-order valence-electron chi connectivity index (χ4n) is 1.98. The number of hydrogen-bond acceptors (Lipinski definition) is 7. The Bertz CT molecular complexity index is 747. The zero-order chi connectivity index (χ0) is 21.8. The smallest absolute Gasteiger partial charge is 0.322 e. The lowest BCUT2D eigenvalue weighted by atomic mass is 10.1. The molecule has 2 atom stereocenters. The summed E-state index contributed by atoms with van der Waals surface area (Å²) in [6, 6.07) is 6.82. The van der Waals surface area contributed by atoms with Gasteiger partial charge in [-0.05, 0) is 18.6 Å². The van der Waals surface area contributed by atoms with E-state index in [2.05, 4.69) is 16.0 Å². The van der Waals surface area contributed by atoms with Gasteiger partial charge in [-0.2, -0.15) is 0 Å². The predicted molar refractivity (Wildman–Crippen MR) is 113 cm³/mol. The van der Waals surface area contributed by atoms with Gasteiger partial charge in [-0.3, -0.25) is 19.2 Å². The number of nitrogens with two attached hydrogens (primary N) is 1. The highest BCUT2D eigenvalue weighted by molar-refractivity contribution is 8.23. The molecule has 0 unspecified atom stereocenters. The highest BCUT2D eigenvalue weighted by Crippen LogP contribution is 2.12. The van der Waals surface area contributed by atoms with Crippen molar-refractivity contribution in [3.05, 3.63) is 30.3 Å². The summed E-state index contributed by atoms with van der Waals surface area (Å²) in [5, 5.41) is 25.1. The first-order valence-corrected chi connectivity index (χ1v) is 9.84. The van der Waals surface area contributed by atoms with Crippen LogP contribution in [0.25, 0.3) is 0 Å². The summed E-state index contributed by atoms with van der Waals surface area (Å²) >= 11 is 6.30. The summed E-state index contributed by atoms with van der Waals surface area (Å²) in [5.41, 5.74) is 6.11.